The maximum absolute atomic E-state index is 13.0. The Bertz CT molecular complexity index is 1180. The largest absolute Gasteiger partial charge is 0.466 e. The van der Waals surface area contributed by atoms with E-state index >= 15 is 0 Å². The normalized spacial score (nSPS) is 25.9. The fraction of sp³-hybridized carbons (Fsp3) is 0.435. The van der Waals surface area contributed by atoms with Gasteiger partial charge in [-0.1, -0.05) is 13.8 Å². The van der Waals surface area contributed by atoms with E-state index in [1.165, 1.54) is 41.8 Å². The molecule has 2 saturated heterocycles. The molecule has 3 unspecified atom stereocenters. The Morgan fingerprint density at radius 1 is 1.15 bits per heavy atom. The van der Waals surface area contributed by atoms with E-state index in [1.54, 1.807) is 12.1 Å². The summed E-state index contributed by atoms with van der Waals surface area (Å²) in [7, 11) is -3.63. The van der Waals surface area contributed by atoms with Crippen LogP contribution >= 0.6 is 0 Å². The molecular weight excluding hydrogens is 460 g/mol. The van der Waals surface area contributed by atoms with Crippen LogP contribution in [0.2, 0.25) is 0 Å². The molecule has 2 aliphatic rings. The third-order valence-electron chi connectivity index (χ3n) is 6.20. The van der Waals surface area contributed by atoms with Gasteiger partial charge in [0.15, 0.2) is 5.54 Å². The van der Waals surface area contributed by atoms with Gasteiger partial charge in [-0.25, -0.2) is 13.2 Å². The first-order valence-electron chi connectivity index (χ1n) is 11.1. The van der Waals surface area contributed by atoms with Gasteiger partial charge in [-0.15, -0.1) is 0 Å². The van der Waals surface area contributed by atoms with Gasteiger partial charge < -0.3 is 15.1 Å². The number of imide groups is 1. The third kappa shape index (κ3) is 4.45. The molecule has 2 aliphatic heterocycles. The lowest BCUT2D eigenvalue weighted by atomic mass is 9.94. The van der Waals surface area contributed by atoms with Crippen LogP contribution in [-0.2, 0) is 25.2 Å². The number of nitrogens with one attached hydrogen (secondary N) is 2. The molecule has 1 aromatic heterocycles. The van der Waals surface area contributed by atoms with E-state index in [2.05, 4.69) is 10.6 Å². The lowest BCUT2D eigenvalue weighted by Crippen LogP contribution is -2.42. The molecule has 3 heterocycles. The Kier molecular flexibility index (Phi) is 6.26. The fourth-order valence-corrected chi connectivity index (χ4v) is 6.26. The van der Waals surface area contributed by atoms with Crippen molar-refractivity contribution in [3.05, 3.63) is 48.4 Å². The number of hydrogen-bond donors (Lipinski definition) is 2. The maximum atomic E-state index is 13.0. The summed E-state index contributed by atoms with van der Waals surface area (Å²) in [6.07, 6.45) is 2.39. The predicted molar refractivity (Wildman–Crippen MR) is 123 cm³/mol. The summed E-state index contributed by atoms with van der Waals surface area (Å²) >= 11 is 0. The van der Waals surface area contributed by atoms with E-state index in [4.69, 9.17) is 4.42 Å². The molecule has 0 saturated carbocycles. The number of piperidine rings is 1. The molecule has 2 aromatic rings. The number of carbonyl (C=O) groups is 3. The highest BCUT2D eigenvalue weighted by Gasteiger charge is 2.51. The van der Waals surface area contributed by atoms with E-state index < -0.39 is 40.0 Å². The molecule has 4 amide bonds. The highest BCUT2D eigenvalue weighted by Crippen LogP contribution is 2.29. The molecule has 1 aromatic carbocycles. The number of carbonyl (C=O) groups excluding carboxylic acids is 3. The van der Waals surface area contributed by atoms with Gasteiger partial charge in [0, 0.05) is 18.8 Å². The van der Waals surface area contributed by atoms with Crippen LogP contribution in [0.4, 0.5) is 10.5 Å². The fourth-order valence-electron chi connectivity index (χ4n) is 4.58. The Morgan fingerprint density at radius 2 is 1.79 bits per heavy atom. The Balaban J connectivity index is 1.41. The van der Waals surface area contributed by atoms with Crippen LogP contribution < -0.4 is 10.6 Å². The van der Waals surface area contributed by atoms with Crippen molar-refractivity contribution in [1.82, 2.24) is 14.5 Å². The van der Waals surface area contributed by atoms with Crippen LogP contribution in [0.5, 0.6) is 0 Å². The Hall–Kier alpha value is -3.18. The molecule has 3 atom stereocenters. The van der Waals surface area contributed by atoms with E-state index in [9.17, 15) is 22.8 Å². The highest BCUT2D eigenvalue weighted by atomic mass is 32.2. The Labute approximate surface area is 198 Å². The minimum absolute atomic E-state index is 0.148. The van der Waals surface area contributed by atoms with Crippen molar-refractivity contribution in [2.45, 2.75) is 37.6 Å². The minimum atomic E-state index is -3.63. The van der Waals surface area contributed by atoms with E-state index in [1.807, 2.05) is 13.8 Å². The molecule has 10 nitrogen and oxygen atoms in total. The summed E-state index contributed by atoms with van der Waals surface area (Å²) in [6.45, 7) is 6.05. The first kappa shape index (κ1) is 24.0. The molecule has 182 valence electrons. The highest BCUT2D eigenvalue weighted by molar-refractivity contribution is 7.89. The first-order chi connectivity index (χ1) is 16.0. The van der Waals surface area contributed by atoms with Crippen LogP contribution in [0, 0.1) is 11.8 Å². The zero-order valence-corrected chi connectivity index (χ0v) is 20.1. The lowest BCUT2D eigenvalue weighted by molar-refractivity contribution is -0.134. The Morgan fingerprint density at radius 3 is 2.38 bits per heavy atom. The van der Waals surface area contributed by atoms with Crippen molar-refractivity contribution >= 4 is 33.6 Å². The number of amides is 4. The molecule has 0 spiro atoms. The van der Waals surface area contributed by atoms with Gasteiger partial charge in [0.1, 0.15) is 12.3 Å². The van der Waals surface area contributed by atoms with Crippen molar-refractivity contribution in [3.8, 4) is 0 Å². The second-order valence-electron chi connectivity index (χ2n) is 9.26. The molecule has 11 heteroatoms. The van der Waals surface area contributed by atoms with Gasteiger partial charge in [0.05, 0.1) is 11.2 Å². The quantitative estimate of drug-likeness (QED) is 0.601. The standard InChI is InChI=1S/C23H28N4O6S/c1-15-11-16(2)13-26(12-15)34(31,32)18-8-6-17(7-9-18)24-20(28)14-27-21(29)23(3,25-22(27)30)19-5-4-10-33-19/h4-10,15-16H,11-14H2,1-3H3,(H,24,28)(H,25,30). The van der Waals surface area contributed by atoms with Crippen LogP contribution in [0.3, 0.4) is 0 Å². The number of sulfonamides is 1. The summed E-state index contributed by atoms with van der Waals surface area (Å²) in [5.74, 6) is -0.354. The summed E-state index contributed by atoms with van der Waals surface area (Å²) < 4.78 is 32.8. The summed E-state index contributed by atoms with van der Waals surface area (Å²) in [5, 5.41) is 5.16. The van der Waals surface area contributed by atoms with E-state index in [0.717, 1.165) is 11.3 Å². The number of anilines is 1. The molecular formula is C23H28N4O6S. The summed E-state index contributed by atoms with van der Waals surface area (Å²) in [5.41, 5.74) is -1.04. The average molecular weight is 489 g/mol. The van der Waals surface area contributed by atoms with Crippen molar-refractivity contribution in [3.63, 3.8) is 0 Å². The molecule has 34 heavy (non-hydrogen) atoms. The van der Waals surface area contributed by atoms with Crippen LogP contribution in [0.15, 0.2) is 52.0 Å². The van der Waals surface area contributed by atoms with Crippen LogP contribution in [0.1, 0.15) is 33.0 Å². The van der Waals surface area contributed by atoms with E-state index in [-0.39, 0.29) is 22.5 Å². The van der Waals surface area contributed by atoms with Crippen molar-refractivity contribution in [1.29, 1.82) is 0 Å². The molecule has 2 fully saturated rings. The van der Waals surface area contributed by atoms with Gasteiger partial charge in [0.25, 0.3) is 5.91 Å². The number of furan rings is 1. The van der Waals surface area contributed by atoms with Gasteiger partial charge in [0.2, 0.25) is 15.9 Å². The third-order valence-corrected chi connectivity index (χ3v) is 8.05. The number of hydrogen-bond acceptors (Lipinski definition) is 6. The lowest BCUT2D eigenvalue weighted by Gasteiger charge is -2.34. The van der Waals surface area contributed by atoms with Crippen molar-refractivity contribution in [2.75, 3.05) is 25.0 Å². The monoisotopic (exact) mass is 488 g/mol. The second-order valence-corrected chi connectivity index (χ2v) is 11.2. The number of rotatable bonds is 6. The predicted octanol–water partition coefficient (Wildman–Crippen LogP) is 2.35. The molecule has 0 bridgehead atoms. The first-order valence-corrected chi connectivity index (χ1v) is 12.5. The van der Waals surface area contributed by atoms with Crippen molar-refractivity contribution in [2.24, 2.45) is 11.8 Å². The van der Waals surface area contributed by atoms with Gasteiger partial charge >= 0.3 is 6.03 Å². The smallest absolute Gasteiger partial charge is 0.325 e. The van der Waals surface area contributed by atoms with Crippen LogP contribution in [-0.4, -0.2) is 55.1 Å². The van der Waals surface area contributed by atoms with Gasteiger partial charge in [-0.3, -0.25) is 14.5 Å². The maximum Gasteiger partial charge on any atom is 0.325 e. The number of benzene rings is 1. The topological polar surface area (TPSA) is 129 Å². The van der Waals surface area contributed by atoms with Crippen LogP contribution in [0.25, 0.3) is 0 Å². The number of nitrogens with zero attached hydrogens (tertiary/aromatic N) is 2. The van der Waals surface area contributed by atoms with E-state index in [0.29, 0.717) is 18.8 Å². The molecule has 0 radical (unpaired) electrons. The zero-order valence-electron chi connectivity index (χ0n) is 19.3. The molecule has 2 N–H and O–H groups in total. The minimum Gasteiger partial charge on any atom is -0.466 e. The number of urea groups is 1. The van der Waals surface area contributed by atoms with Gasteiger partial charge in [-0.2, -0.15) is 4.31 Å². The summed E-state index contributed by atoms with van der Waals surface area (Å²) in [6, 6.07) is 8.33. The zero-order chi connectivity index (χ0) is 24.7. The summed E-state index contributed by atoms with van der Waals surface area (Å²) in [4.78, 5) is 38.6. The second kappa shape index (κ2) is 8.88. The van der Waals surface area contributed by atoms with Gasteiger partial charge in [-0.05, 0) is 61.6 Å². The van der Waals surface area contributed by atoms with Crippen molar-refractivity contribution < 1.29 is 27.2 Å². The SMILES string of the molecule is CC1CC(C)CN(S(=O)(=O)c2ccc(NC(=O)CN3C(=O)NC(C)(c4ccco4)C3=O)cc2)C1. The molecule has 4 rings (SSSR count). The average Bonchev–Trinajstić information content (AvgIpc) is 3.38. The molecule has 0 aliphatic carbocycles.